The minimum absolute atomic E-state index is 0.00231. The Morgan fingerprint density at radius 1 is 1.29 bits per heavy atom. The van der Waals surface area contributed by atoms with Crippen LogP contribution < -0.4 is 5.69 Å². The van der Waals surface area contributed by atoms with Gasteiger partial charge in [-0.2, -0.15) is 0 Å². The lowest BCUT2D eigenvalue weighted by atomic mass is 10.2. The lowest BCUT2D eigenvalue weighted by Crippen LogP contribution is -2.23. The number of aromatic nitrogens is 2. The molecule has 0 aliphatic rings. The van der Waals surface area contributed by atoms with Gasteiger partial charge in [-0.25, -0.2) is 4.79 Å². The van der Waals surface area contributed by atoms with Gasteiger partial charge in [-0.1, -0.05) is 0 Å². The molecule has 0 bridgehead atoms. The highest BCUT2D eigenvalue weighted by molar-refractivity contribution is 5.78. The van der Waals surface area contributed by atoms with Crippen molar-refractivity contribution in [3.8, 4) is 0 Å². The zero-order chi connectivity index (χ0) is 12.7. The number of aryl methyl sites for hydroxylation is 1. The number of benzene rings is 1. The number of hydrogen-bond donors (Lipinski definition) is 0. The van der Waals surface area contributed by atoms with Gasteiger partial charge in [-0.05, 0) is 19.9 Å². The van der Waals surface area contributed by atoms with Gasteiger partial charge in [0.1, 0.15) is 0 Å². The van der Waals surface area contributed by atoms with E-state index >= 15 is 0 Å². The van der Waals surface area contributed by atoms with E-state index in [0.717, 1.165) is 0 Å². The highest BCUT2D eigenvalue weighted by Crippen LogP contribution is 2.21. The van der Waals surface area contributed by atoms with Crippen molar-refractivity contribution in [3.63, 3.8) is 0 Å². The summed E-state index contributed by atoms with van der Waals surface area (Å²) < 4.78 is 3.06. The zero-order valence-electron chi connectivity index (χ0n) is 9.88. The van der Waals surface area contributed by atoms with Crippen LogP contribution in [0.1, 0.15) is 19.9 Å². The van der Waals surface area contributed by atoms with Crippen LogP contribution in [0.3, 0.4) is 0 Å². The molecule has 1 heterocycles. The number of hydrogen-bond acceptors (Lipinski definition) is 3. The van der Waals surface area contributed by atoms with E-state index in [9.17, 15) is 14.9 Å². The third-order valence-corrected chi connectivity index (χ3v) is 2.80. The van der Waals surface area contributed by atoms with E-state index < -0.39 is 4.92 Å². The molecule has 0 fully saturated rings. The summed E-state index contributed by atoms with van der Waals surface area (Å²) in [7, 11) is 1.66. The molecule has 0 radical (unpaired) electrons. The van der Waals surface area contributed by atoms with E-state index in [2.05, 4.69) is 0 Å². The smallest absolute Gasteiger partial charge is 0.295 e. The lowest BCUT2D eigenvalue weighted by Gasteiger charge is -2.06. The minimum Gasteiger partial charge on any atom is -0.295 e. The Morgan fingerprint density at radius 3 is 2.47 bits per heavy atom. The Morgan fingerprint density at radius 2 is 1.94 bits per heavy atom. The SMILES string of the molecule is CC(C)n1c(=O)n(C)c2ccc([N+](=O)[O-])cc21. The molecule has 0 saturated heterocycles. The van der Waals surface area contributed by atoms with Crippen molar-refractivity contribution in [1.82, 2.24) is 9.13 Å². The van der Waals surface area contributed by atoms with Crippen molar-refractivity contribution in [1.29, 1.82) is 0 Å². The molecule has 2 rings (SSSR count). The summed E-state index contributed by atoms with van der Waals surface area (Å²) in [6.45, 7) is 3.75. The fourth-order valence-electron chi connectivity index (χ4n) is 1.97. The number of nitrogens with zero attached hydrogens (tertiary/aromatic N) is 3. The highest BCUT2D eigenvalue weighted by Gasteiger charge is 2.16. The van der Waals surface area contributed by atoms with Gasteiger partial charge in [0, 0.05) is 25.2 Å². The molecule has 6 heteroatoms. The largest absolute Gasteiger partial charge is 0.329 e. The van der Waals surface area contributed by atoms with Crippen molar-refractivity contribution in [2.45, 2.75) is 19.9 Å². The van der Waals surface area contributed by atoms with E-state index in [1.54, 1.807) is 17.7 Å². The highest BCUT2D eigenvalue weighted by atomic mass is 16.6. The number of nitro groups is 1. The van der Waals surface area contributed by atoms with Crippen molar-refractivity contribution < 1.29 is 4.92 Å². The average Bonchev–Trinajstić information content (AvgIpc) is 2.51. The van der Waals surface area contributed by atoms with Crippen LogP contribution in [0.25, 0.3) is 11.0 Å². The van der Waals surface area contributed by atoms with E-state index in [1.807, 2.05) is 13.8 Å². The van der Waals surface area contributed by atoms with Crippen LogP contribution >= 0.6 is 0 Å². The predicted octanol–water partition coefficient (Wildman–Crippen LogP) is 1.83. The second-order valence-corrected chi connectivity index (χ2v) is 4.24. The van der Waals surface area contributed by atoms with Crippen LogP contribution in [-0.4, -0.2) is 14.1 Å². The van der Waals surface area contributed by atoms with Crippen LogP contribution in [0.15, 0.2) is 23.0 Å². The molecular weight excluding hydrogens is 222 g/mol. The van der Waals surface area contributed by atoms with Crippen LogP contribution in [0.5, 0.6) is 0 Å². The van der Waals surface area contributed by atoms with E-state index in [1.165, 1.54) is 16.7 Å². The standard InChI is InChI=1S/C11H13N3O3/c1-7(2)13-10-6-8(14(16)17)4-5-9(10)12(3)11(13)15/h4-7H,1-3H3. The Balaban J connectivity index is 2.88. The van der Waals surface area contributed by atoms with Gasteiger partial charge in [0.2, 0.25) is 0 Å². The van der Waals surface area contributed by atoms with Crippen molar-refractivity contribution in [2.75, 3.05) is 0 Å². The van der Waals surface area contributed by atoms with Crippen molar-refractivity contribution >= 4 is 16.7 Å². The van der Waals surface area contributed by atoms with E-state index in [4.69, 9.17) is 0 Å². The third kappa shape index (κ3) is 1.61. The number of rotatable bonds is 2. The summed E-state index contributed by atoms with van der Waals surface area (Å²) in [6, 6.07) is 4.42. The maximum Gasteiger partial charge on any atom is 0.329 e. The quantitative estimate of drug-likeness (QED) is 0.589. The van der Waals surface area contributed by atoms with Gasteiger partial charge in [0.25, 0.3) is 5.69 Å². The van der Waals surface area contributed by atoms with Gasteiger partial charge in [-0.3, -0.25) is 19.2 Å². The van der Waals surface area contributed by atoms with Gasteiger partial charge < -0.3 is 0 Å². The summed E-state index contributed by atoms with van der Waals surface area (Å²) in [5.41, 5.74) is 1.14. The fraction of sp³-hybridized carbons (Fsp3) is 0.364. The summed E-state index contributed by atoms with van der Waals surface area (Å²) in [5.74, 6) is 0. The molecule has 0 aliphatic heterocycles. The van der Waals surface area contributed by atoms with Crippen LogP contribution in [0.2, 0.25) is 0 Å². The molecule has 2 aromatic rings. The van der Waals surface area contributed by atoms with E-state index in [0.29, 0.717) is 11.0 Å². The first-order valence-electron chi connectivity index (χ1n) is 5.29. The zero-order valence-corrected chi connectivity index (χ0v) is 9.88. The Hall–Kier alpha value is -2.11. The Kier molecular flexibility index (Phi) is 2.49. The second-order valence-electron chi connectivity index (χ2n) is 4.24. The van der Waals surface area contributed by atoms with Gasteiger partial charge in [-0.15, -0.1) is 0 Å². The molecular formula is C11H13N3O3. The average molecular weight is 235 g/mol. The molecule has 0 N–H and O–H groups in total. The number of imidazole rings is 1. The topological polar surface area (TPSA) is 70.1 Å². The molecule has 6 nitrogen and oxygen atoms in total. The van der Waals surface area contributed by atoms with Gasteiger partial charge in [0.05, 0.1) is 16.0 Å². The first-order valence-corrected chi connectivity index (χ1v) is 5.29. The molecule has 0 atom stereocenters. The van der Waals surface area contributed by atoms with Crippen LogP contribution in [0.4, 0.5) is 5.69 Å². The first-order chi connectivity index (χ1) is 7.93. The van der Waals surface area contributed by atoms with E-state index in [-0.39, 0.29) is 17.4 Å². The maximum atomic E-state index is 12.0. The Labute approximate surface area is 97.2 Å². The summed E-state index contributed by atoms with van der Waals surface area (Å²) in [5, 5.41) is 10.7. The number of nitro benzene ring substituents is 1. The number of fused-ring (bicyclic) bond motifs is 1. The summed E-state index contributed by atoms with van der Waals surface area (Å²) in [6.07, 6.45) is 0. The first kappa shape index (κ1) is 11.4. The summed E-state index contributed by atoms with van der Waals surface area (Å²) >= 11 is 0. The summed E-state index contributed by atoms with van der Waals surface area (Å²) in [4.78, 5) is 22.2. The Bertz CT molecular complexity index is 652. The molecule has 0 aliphatic carbocycles. The second kappa shape index (κ2) is 3.73. The third-order valence-electron chi connectivity index (χ3n) is 2.80. The molecule has 0 amide bonds. The van der Waals surface area contributed by atoms with Crippen LogP contribution in [-0.2, 0) is 7.05 Å². The normalized spacial score (nSPS) is 11.3. The minimum atomic E-state index is -0.457. The maximum absolute atomic E-state index is 12.0. The van der Waals surface area contributed by atoms with Crippen molar-refractivity contribution in [2.24, 2.45) is 7.05 Å². The monoisotopic (exact) mass is 235 g/mol. The van der Waals surface area contributed by atoms with Gasteiger partial charge in [0.15, 0.2) is 0 Å². The molecule has 0 unspecified atom stereocenters. The molecule has 17 heavy (non-hydrogen) atoms. The molecule has 0 saturated carbocycles. The van der Waals surface area contributed by atoms with Crippen molar-refractivity contribution in [3.05, 3.63) is 38.8 Å². The number of non-ortho nitro benzene ring substituents is 1. The molecule has 1 aromatic carbocycles. The lowest BCUT2D eigenvalue weighted by molar-refractivity contribution is -0.384. The van der Waals surface area contributed by atoms with Gasteiger partial charge >= 0.3 is 5.69 Å². The fourth-order valence-corrected chi connectivity index (χ4v) is 1.97. The molecule has 1 aromatic heterocycles. The molecule has 0 spiro atoms. The predicted molar refractivity (Wildman–Crippen MR) is 64.2 cm³/mol. The molecule has 90 valence electrons. The van der Waals surface area contributed by atoms with Crippen LogP contribution in [0, 0.1) is 10.1 Å².